The Morgan fingerprint density at radius 1 is 0.758 bits per heavy atom. The average Bonchev–Trinajstić information content (AvgIpc) is 3.08. The van der Waals surface area contributed by atoms with Gasteiger partial charge in [0.2, 0.25) is 0 Å². The summed E-state index contributed by atoms with van der Waals surface area (Å²) in [5.41, 5.74) is 2.10. The van der Waals surface area contributed by atoms with Crippen LogP contribution in [-0.4, -0.2) is 17.7 Å². The number of Topliss-reactive ketones (excluding diaryl/α,β-unsaturated/α-hetero) is 2. The molecule has 0 unspecified atom stereocenters. The fraction of sp³-hybridized carbons (Fsp3) is 0.107. The van der Waals surface area contributed by atoms with Crippen LogP contribution >= 0.6 is 0 Å². The molecule has 2 aliphatic rings. The highest BCUT2D eigenvalue weighted by atomic mass is 16.6. The lowest BCUT2D eigenvalue weighted by Gasteiger charge is -2.33. The van der Waals surface area contributed by atoms with Gasteiger partial charge in [0.15, 0.2) is 11.6 Å². The van der Waals surface area contributed by atoms with Crippen molar-refractivity contribution in [3.8, 4) is 0 Å². The van der Waals surface area contributed by atoms with Crippen LogP contribution < -0.4 is 4.90 Å². The van der Waals surface area contributed by atoms with E-state index in [1.54, 1.807) is 62.4 Å². The molecule has 0 N–H and O–H groups in total. The van der Waals surface area contributed by atoms with Gasteiger partial charge in [0, 0.05) is 11.1 Å². The first-order valence-corrected chi connectivity index (χ1v) is 10.7. The molecule has 0 saturated heterocycles. The van der Waals surface area contributed by atoms with Gasteiger partial charge >= 0.3 is 6.09 Å². The maximum absolute atomic E-state index is 13.6. The number of nitrogens with zero attached hydrogens (tertiary/aromatic N) is 1. The minimum Gasteiger partial charge on any atom is -0.438 e. The summed E-state index contributed by atoms with van der Waals surface area (Å²) in [4.78, 5) is 41.4. The molecule has 1 aliphatic carbocycles. The molecule has 5 nitrogen and oxygen atoms in total. The molecule has 3 aromatic carbocycles. The quantitative estimate of drug-likeness (QED) is 0.370. The zero-order chi connectivity index (χ0) is 23.2. The topological polar surface area (TPSA) is 63.7 Å². The van der Waals surface area contributed by atoms with Gasteiger partial charge < -0.3 is 4.74 Å². The first kappa shape index (κ1) is 20.6. The predicted molar refractivity (Wildman–Crippen MR) is 126 cm³/mol. The molecule has 3 aromatic rings. The number of allylic oxidation sites excluding steroid dienone is 2. The smallest absolute Gasteiger partial charge is 0.419 e. The normalized spacial score (nSPS) is 14.9. The summed E-state index contributed by atoms with van der Waals surface area (Å²) in [5, 5.41) is 0. The Kier molecular flexibility index (Phi) is 4.82. The summed E-state index contributed by atoms with van der Waals surface area (Å²) in [6, 6.07) is 23.4. The van der Waals surface area contributed by atoms with Crippen LogP contribution in [0.5, 0.6) is 0 Å². The molecule has 0 saturated carbocycles. The minimum absolute atomic E-state index is 0.0311. The second-order valence-corrected chi connectivity index (χ2v) is 8.44. The molecule has 0 aromatic heterocycles. The van der Waals surface area contributed by atoms with Crippen molar-refractivity contribution in [3.63, 3.8) is 0 Å². The third kappa shape index (κ3) is 3.38. The van der Waals surface area contributed by atoms with E-state index in [1.165, 1.54) is 4.90 Å². The van der Waals surface area contributed by atoms with Gasteiger partial charge in [0.05, 0.1) is 17.0 Å². The summed E-state index contributed by atoms with van der Waals surface area (Å²) < 4.78 is 5.95. The van der Waals surface area contributed by atoms with E-state index in [0.717, 1.165) is 11.1 Å². The van der Waals surface area contributed by atoms with Gasteiger partial charge in [-0.2, -0.15) is 0 Å². The van der Waals surface area contributed by atoms with Gasteiger partial charge in [-0.25, -0.2) is 9.69 Å². The molecule has 0 fully saturated rings. The summed E-state index contributed by atoms with van der Waals surface area (Å²) >= 11 is 0. The lowest BCUT2D eigenvalue weighted by molar-refractivity contribution is 0.0426. The van der Waals surface area contributed by atoms with E-state index in [1.807, 2.05) is 42.5 Å². The number of amides is 1. The first-order valence-electron chi connectivity index (χ1n) is 10.7. The number of benzene rings is 3. The van der Waals surface area contributed by atoms with Crippen LogP contribution in [0.1, 0.15) is 45.7 Å². The lowest BCUT2D eigenvalue weighted by atomic mass is 9.98. The molecule has 1 amide bonds. The van der Waals surface area contributed by atoms with Crippen molar-refractivity contribution in [2.45, 2.75) is 19.4 Å². The molecule has 1 aliphatic heterocycles. The number of rotatable bonds is 2. The van der Waals surface area contributed by atoms with Crippen LogP contribution in [0, 0.1) is 0 Å². The molecular weight excluding hydrogens is 414 g/mol. The van der Waals surface area contributed by atoms with Crippen molar-refractivity contribution >= 4 is 29.4 Å². The third-order valence-corrected chi connectivity index (χ3v) is 5.96. The van der Waals surface area contributed by atoms with Crippen LogP contribution in [-0.2, 0) is 10.3 Å². The highest BCUT2D eigenvalue weighted by molar-refractivity contribution is 6.40. The van der Waals surface area contributed by atoms with E-state index in [0.29, 0.717) is 16.8 Å². The van der Waals surface area contributed by atoms with Crippen LogP contribution in [0.4, 0.5) is 10.5 Å². The molecule has 0 atom stereocenters. The zero-order valence-electron chi connectivity index (χ0n) is 18.2. The number of ether oxygens (including phenoxy) is 1. The maximum atomic E-state index is 13.6. The molecule has 0 bridgehead atoms. The molecule has 0 radical (unpaired) electrons. The number of hydrogen-bond acceptors (Lipinski definition) is 4. The standard InChI is InChI=1S/C28H21NO4/c1-28(2,19-11-4-3-5-12-19)33-27(32)29-22-15-9-6-10-18(22)16-17-23(29)24-25(30)20-13-7-8-14-21(20)26(24)31/h3-17H,1-2H3. The number of para-hydroxylation sites is 1. The van der Waals surface area contributed by atoms with Crippen molar-refractivity contribution in [2.24, 2.45) is 0 Å². The number of ketones is 2. The third-order valence-electron chi connectivity index (χ3n) is 5.96. The monoisotopic (exact) mass is 435 g/mol. The Labute approximate surface area is 191 Å². The number of carbonyl (C=O) groups is 3. The Hall–Kier alpha value is -4.25. The molecule has 5 heteroatoms. The second kappa shape index (κ2) is 7.71. The number of anilines is 1. The molecule has 1 heterocycles. The van der Waals surface area contributed by atoms with E-state index in [2.05, 4.69) is 0 Å². The van der Waals surface area contributed by atoms with Gasteiger partial charge in [-0.15, -0.1) is 0 Å². The highest BCUT2D eigenvalue weighted by Gasteiger charge is 2.40. The molecule has 0 spiro atoms. The Bertz CT molecular complexity index is 1330. The van der Waals surface area contributed by atoms with Crippen molar-refractivity contribution in [2.75, 3.05) is 4.90 Å². The van der Waals surface area contributed by atoms with Crippen LogP contribution in [0.2, 0.25) is 0 Å². The van der Waals surface area contributed by atoms with Crippen molar-refractivity contribution in [1.82, 2.24) is 0 Å². The Morgan fingerprint density at radius 2 is 1.33 bits per heavy atom. The molecule has 33 heavy (non-hydrogen) atoms. The maximum Gasteiger partial charge on any atom is 0.419 e. The SMILES string of the molecule is CC(C)(OC(=O)N1C(=C2C(=O)c3ccccc3C2=O)C=Cc2ccccc21)c1ccccc1. The summed E-state index contributed by atoms with van der Waals surface area (Å²) in [5.74, 6) is -0.787. The van der Waals surface area contributed by atoms with Gasteiger partial charge in [0.1, 0.15) is 5.60 Å². The fourth-order valence-corrected chi connectivity index (χ4v) is 4.24. The van der Waals surface area contributed by atoms with E-state index >= 15 is 0 Å². The van der Waals surface area contributed by atoms with E-state index in [-0.39, 0.29) is 11.3 Å². The van der Waals surface area contributed by atoms with E-state index in [4.69, 9.17) is 4.74 Å². The average molecular weight is 435 g/mol. The van der Waals surface area contributed by atoms with E-state index in [9.17, 15) is 14.4 Å². The zero-order valence-corrected chi connectivity index (χ0v) is 18.2. The lowest BCUT2D eigenvalue weighted by Crippen LogP contribution is -2.38. The van der Waals surface area contributed by atoms with E-state index < -0.39 is 23.3 Å². The number of hydrogen-bond donors (Lipinski definition) is 0. The molecule has 5 rings (SSSR count). The van der Waals surface area contributed by atoms with Gasteiger partial charge in [-0.1, -0.05) is 78.9 Å². The van der Waals surface area contributed by atoms with Gasteiger partial charge in [-0.05, 0) is 37.1 Å². The van der Waals surface area contributed by atoms with Crippen molar-refractivity contribution < 1.29 is 19.1 Å². The minimum atomic E-state index is -0.934. The first-order chi connectivity index (χ1) is 15.9. The Morgan fingerprint density at radius 3 is 2.00 bits per heavy atom. The second-order valence-electron chi connectivity index (χ2n) is 8.44. The van der Waals surface area contributed by atoms with Crippen LogP contribution in [0.3, 0.4) is 0 Å². The highest BCUT2D eigenvalue weighted by Crippen LogP contribution is 2.38. The predicted octanol–water partition coefficient (Wildman–Crippen LogP) is 5.93. The largest absolute Gasteiger partial charge is 0.438 e. The summed E-state index contributed by atoms with van der Waals surface area (Å²) in [6.07, 6.45) is 2.77. The van der Waals surface area contributed by atoms with Crippen molar-refractivity contribution in [1.29, 1.82) is 0 Å². The van der Waals surface area contributed by atoms with Crippen molar-refractivity contribution in [3.05, 3.63) is 118 Å². The molecular formula is C28H21NO4. The van der Waals surface area contributed by atoms with Crippen LogP contribution in [0.25, 0.3) is 6.08 Å². The number of carbonyl (C=O) groups excluding carboxylic acids is 3. The fourth-order valence-electron chi connectivity index (χ4n) is 4.24. The summed E-state index contributed by atoms with van der Waals surface area (Å²) in [6.45, 7) is 3.61. The summed E-state index contributed by atoms with van der Waals surface area (Å²) in [7, 11) is 0. The Balaban J connectivity index is 1.62. The number of fused-ring (bicyclic) bond motifs is 2. The van der Waals surface area contributed by atoms with Crippen LogP contribution in [0.15, 0.2) is 96.2 Å². The molecule has 162 valence electrons. The van der Waals surface area contributed by atoms with Gasteiger partial charge in [0.25, 0.3) is 0 Å². The van der Waals surface area contributed by atoms with Gasteiger partial charge in [-0.3, -0.25) is 9.59 Å².